The zero-order valence-electron chi connectivity index (χ0n) is 11.6. The largest absolute Gasteiger partial charge is 0.504 e. The lowest BCUT2D eigenvalue weighted by molar-refractivity contribution is 0.368. The van der Waals surface area contributed by atoms with E-state index in [2.05, 4.69) is 29.6 Å². The number of para-hydroxylation sites is 1. The molecule has 0 amide bonds. The van der Waals surface area contributed by atoms with Crippen molar-refractivity contribution in [2.45, 2.75) is 25.4 Å². The summed E-state index contributed by atoms with van der Waals surface area (Å²) in [7, 11) is 1.57. The predicted molar refractivity (Wildman–Crippen MR) is 79.0 cm³/mol. The molecule has 1 aliphatic carbocycles. The van der Waals surface area contributed by atoms with Crippen LogP contribution in [0.2, 0.25) is 0 Å². The van der Waals surface area contributed by atoms with E-state index in [0.717, 1.165) is 18.4 Å². The van der Waals surface area contributed by atoms with Gasteiger partial charge in [0.05, 0.1) is 7.11 Å². The monoisotopic (exact) mass is 269 g/mol. The lowest BCUT2D eigenvalue weighted by atomic mass is 10.1. The average molecular weight is 269 g/mol. The number of aromatic hydroxyl groups is 1. The number of hydrogen-bond acceptors (Lipinski definition) is 3. The van der Waals surface area contributed by atoms with Gasteiger partial charge in [0.1, 0.15) is 0 Å². The standard InChI is InChI=1S/C17H19NO2/c1-20-16-8-4-6-13(17(16)19)11-18-15-10-9-12-5-2-3-7-14(12)15/h2-8,15,18-19H,9-11H2,1H3. The highest BCUT2D eigenvalue weighted by Gasteiger charge is 2.21. The van der Waals surface area contributed by atoms with Gasteiger partial charge in [-0.1, -0.05) is 36.4 Å². The van der Waals surface area contributed by atoms with Crippen molar-refractivity contribution in [1.82, 2.24) is 5.32 Å². The van der Waals surface area contributed by atoms with Gasteiger partial charge in [0, 0.05) is 18.2 Å². The molecule has 0 aromatic heterocycles. The molecule has 0 bridgehead atoms. The van der Waals surface area contributed by atoms with Gasteiger partial charge in [-0.25, -0.2) is 0 Å². The number of rotatable bonds is 4. The van der Waals surface area contributed by atoms with Crippen molar-refractivity contribution >= 4 is 0 Å². The van der Waals surface area contributed by atoms with Crippen LogP contribution < -0.4 is 10.1 Å². The molecule has 2 aromatic carbocycles. The van der Waals surface area contributed by atoms with Crippen LogP contribution in [0, 0.1) is 0 Å². The molecule has 3 nitrogen and oxygen atoms in total. The quantitative estimate of drug-likeness (QED) is 0.895. The molecular weight excluding hydrogens is 250 g/mol. The molecule has 0 saturated carbocycles. The molecular formula is C17H19NO2. The maximum atomic E-state index is 10.1. The van der Waals surface area contributed by atoms with E-state index in [-0.39, 0.29) is 5.75 Å². The van der Waals surface area contributed by atoms with Crippen LogP contribution in [-0.4, -0.2) is 12.2 Å². The summed E-state index contributed by atoms with van der Waals surface area (Å²) in [4.78, 5) is 0. The lowest BCUT2D eigenvalue weighted by Crippen LogP contribution is -2.18. The van der Waals surface area contributed by atoms with Crippen molar-refractivity contribution in [3.8, 4) is 11.5 Å². The SMILES string of the molecule is COc1cccc(CNC2CCc3ccccc32)c1O. The number of hydrogen-bond donors (Lipinski definition) is 2. The number of methoxy groups -OCH3 is 1. The molecule has 0 fully saturated rings. The van der Waals surface area contributed by atoms with E-state index >= 15 is 0 Å². The fourth-order valence-corrected chi connectivity index (χ4v) is 2.88. The Balaban J connectivity index is 1.72. The van der Waals surface area contributed by atoms with E-state index < -0.39 is 0 Å². The average Bonchev–Trinajstić information content (AvgIpc) is 2.89. The van der Waals surface area contributed by atoms with Gasteiger partial charge in [0.2, 0.25) is 0 Å². The Morgan fingerprint density at radius 3 is 2.90 bits per heavy atom. The topological polar surface area (TPSA) is 41.5 Å². The van der Waals surface area contributed by atoms with Gasteiger partial charge in [0.25, 0.3) is 0 Å². The summed E-state index contributed by atoms with van der Waals surface area (Å²) >= 11 is 0. The van der Waals surface area contributed by atoms with Crippen molar-refractivity contribution in [3.63, 3.8) is 0 Å². The van der Waals surface area contributed by atoms with E-state index in [0.29, 0.717) is 18.3 Å². The van der Waals surface area contributed by atoms with Crippen LogP contribution in [0.4, 0.5) is 0 Å². The van der Waals surface area contributed by atoms with Gasteiger partial charge in [0.15, 0.2) is 11.5 Å². The van der Waals surface area contributed by atoms with Crippen LogP contribution in [0.1, 0.15) is 29.2 Å². The number of ether oxygens (including phenoxy) is 1. The van der Waals surface area contributed by atoms with Crippen LogP contribution in [-0.2, 0) is 13.0 Å². The first-order valence-corrected chi connectivity index (χ1v) is 6.95. The van der Waals surface area contributed by atoms with E-state index in [1.165, 1.54) is 11.1 Å². The molecule has 2 aromatic rings. The fourth-order valence-electron chi connectivity index (χ4n) is 2.88. The van der Waals surface area contributed by atoms with Gasteiger partial charge < -0.3 is 15.2 Å². The summed E-state index contributed by atoms with van der Waals surface area (Å²) in [5.74, 6) is 0.755. The maximum Gasteiger partial charge on any atom is 0.162 e. The van der Waals surface area contributed by atoms with Crippen LogP contribution in [0.15, 0.2) is 42.5 Å². The summed E-state index contributed by atoms with van der Waals surface area (Å²) in [6.45, 7) is 0.641. The summed E-state index contributed by atoms with van der Waals surface area (Å²) in [6, 6.07) is 14.5. The van der Waals surface area contributed by atoms with E-state index in [1.807, 2.05) is 12.1 Å². The first-order chi connectivity index (χ1) is 9.79. The Kier molecular flexibility index (Phi) is 3.61. The van der Waals surface area contributed by atoms with Crippen LogP contribution in [0.25, 0.3) is 0 Å². The van der Waals surface area contributed by atoms with Gasteiger partial charge in [-0.05, 0) is 30.0 Å². The highest BCUT2D eigenvalue weighted by atomic mass is 16.5. The Bertz CT molecular complexity index is 610. The van der Waals surface area contributed by atoms with Crippen molar-refractivity contribution in [3.05, 3.63) is 59.2 Å². The number of benzene rings is 2. The second-order valence-electron chi connectivity index (χ2n) is 5.14. The molecule has 0 heterocycles. The number of fused-ring (bicyclic) bond motifs is 1. The van der Waals surface area contributed by atoms with Crippen LogP contribution in [0.3, 0.4) is 0 Å². The molecule has 0 saturated heterocycles. The van der Waals surface area contributed by atoms with Crippen molar-refractivity contribution in [1.29, 1.82) is 0 Å². The Hall–Kier alpha value is -2.00. The lowest BCUT2D eigenvalue weighted by Gasteiger charge is -2.15. The molecule has 3 heteroatoms. The molecule has 20 heavy (non-hydrogen) atoms. The Morgan fingerprint density at radius 1 is 1.20 bits per heavy atom. The minimum absolute atomic E-state index is 0.230. The zero-order chi connectivity index (χ0) is 13.9. The Labute approximate surface area is 119 Å². The summed E-state index contributed by atoms with van der Waals surface area (Å²) in [5.41, 5.74) is 3.68. The smallest absolute Gasteiger partial charge is 0.162 e. The summed E-state index contributed by atoms with van der Waals surface area (Å²) < 4.78 is 5.14. The molecule has 0 spiro atoms. The van der Waals surface area contributed by atoms with Crippen LogP contribution in [0.5, 0.6) is 11.5 Å². The number of phenolic OH excluding ortho intramolecular Hbond substituents is 1. The van der Waals surface area contributed by atoms with Gasteiger partial charge in [-0.15, -0.1) is 0 Å². The third-order valence-electron chi connectivity index (χ3n) is 3.97. The fraction of sp³-hybridized carbons (Fsp3) is 0.294. The van der Waals surface area contributed by atoms with E-state index in [1.54, 1.807) is 13.2 Å². The first-order valence-electron chi connectivity index (χ1n) is 6.95. The number of nitrogens with one attached hydrogen (secondary N) is 1. The summed E-state index contributed by atoms with van der Waals surface area (Å²) in [6.07, 6.45) is 2.24. The normalized spacial score (nSPS) is 16.9. The molecule has 104 valence electrons. The Morgan fingerprint density at radius 2 is 2.05 bits per heavy atom. The van der Waals surface area contributed by atoms with E-state index in [4.69, 9.17) is 4.74 Å². The third-order valence-corrected chi connectivity index (χ3v) is 3.97. The highest BCUT2D eigenvalue weighted by molar-refractivity contribution is 5.45. The predicted octanol–water partition coefficient (Wildman–Crippen LogP) is 3.18. The maximum absolute atomic E-state index is 10.1. The minimum atomic E-state index is 0.230. The molecule has 1 aliphatic rings. The van der Waals surface area contributed by atoms with Crippen molar-refractivity contribution in [2.75, 3.05) is 7.11 Å². The minimum Gasteiger partial charge on any atom is -0.504 e. The third kappa shape index (κ3) is 2.37. The summed E-state index contributed by atoms with van der Waals surface area (Å²) in [5, 5.41) is 13.6. The first kappa shape index (κ1) is 13.0. The van der Waals surface area contributed by atoms with Gasteiger partial charge in [-0.2, -0.15) is 0 Å². The number of aryl methyl sites for hydroxylation is 1. The molecule has 2 N–H and O–H groups in total. The molecule has 0 radical (unpaired) electrons. The van der Waals surface area contributed by atoms with E-state index in [9.17, 15) is 5.11 Å². The highest BCUT2D eigenvalue weighted by Crippen LogP contribution is 2.33. The molecule has 1 atom stereocenters. The van der Waals surface area contributed by atoms with Crippen LogP contribution >= 0.6 is 0 Å². The second-order valence-corrected chi connectivity index (χ2v) is 5.14. The molecule has 3 rings (SSSR count). The van der Waals surface area contributed by atoms with Crippen molar-refractivity contribution in [2.24, 2.45) is 0 Å². The van der Waals surface area contributed by atoms with Crippen molar-refractivity contribution < 1.29 is 9.84 Å². The number of phenols is 1. The van der Waals surface area contributed by atoms with Gasteiger partial charge >= 0.3 is 0 Å². The molecule has 0 aliphatic heterocycles. The molecule has 1 unspecified atom stereocenters. The zero-order valence-corrected chi connectivity index (χ0v) is 11.6. The second kappa shape index (κ2) is 5.55. The van der Waals surface area contributed by atoms with Gasteiger partial charge in [-0.3, -0.25) is 0 Å².